The van der Waals surface area contributed by atoms with Gasteiger partial charge in [-0.05, 0) is 49.1 Å². The van der Waals surface area contributed by atoms with Crippen LogP contribution in [0.2, 0.25) is 0 Å². The second-order valence-electron chi connectivity index (χ2n) is 8.90. The van der Waals surface area contributed by atoms with Gasteiger partial charge in [0.05, 0.1) is 22.6 Å². The van der Waals surface area contributed by atoms with E-state index in [1.165, 1.54) is 0 Å². The first-order chi connectivity index (χ1) is 17.6. The van der Waals surface area contributed by atoms with Crippen LogP contribution in [0.25, 0.3) is 16.6 Å². The van der Waals surface area contributed by atoms with Gasteiger partial charge in [0.25, 0.3) is 5.56 Å². The molecule has 1 heterocycles. The summed E-state index contributed by atoms with van der Waals surface area (Å²) in [5.41, 5.74) is 2.40. The number of amides is 2. The van der Waals surface area contributed by atoms with E-state index in [-0.39, 0.29) is 17.6 Å². The van der Waals surface area contributed by atoms with Crippen LogP contribution in [0.3, 0.4) is 0 Å². The maximum Gasteiger partial charge on any atom is 0.318 e. The summed E-state index contributed by atoms with van der Waals surface area (Å²) < 4.78 is 1.67. The number of hydrogen-bond acceptors (Lipinski definition) is 3. The first kappa shape index (κ1) is 25.2. The van der Waals surface area contributed by atoms with E-state index >= 15 is 0 Å². The lowest BCUT2D eigenvalue weighted by Gasteiger charge is -2.32. The van der Waals surface area contributed by atoms with Gasteiger partial charge in [0.1, 0.15) is 5.82 Å². The van der Waals surface area contributed by atoms with Gasteiger partial charge in [0.2, 0.25) is 0 Å². The van der Waals surface area contributed by atoms with E-state index in [2.05, 4.69) is 24.4 Å². The smallest absolute Gasteiger partial charge is 0.318 e. The zero-order valence-electron chi connectivity index (χ0n) is 21.1. The Kier molecular flexibility index (Phi) is 8.50. The topological polar surface area (TPSA) is 67.2 Å². The summed E-state index contributed by atoms with van der Waals surface area (Å²) in [7, 11) is 0. The van der Waals surface area contributed by atoms with Crippen molar-refractivity contribution in [3.8, 4) is 5.69 Å². The Balaban J connectivity index is 1.82. The molecule has 1 N–H and O–H groups in total. The highest BCUT2D eigenvalue weighted by Crippen LogP contribution is 2.26. The van der Waals surface area contributed by atoms with Gasteiger partial charge in [0, 0.05) is 13.1 Å². The Labute approximate surface area is 212 Å². The third-order valence-corrected chi connectivity index (χ3v) is 6.43. The third-order valence-electron chi connectivity index (χ3n) is 6.43. The highest BCUT2D eigenvalue weighted by molar-refractivity contribution is 5.78. The van der Waals surface area contributed by atoms with Gasteiger partial charge in [-0.3, -0.25) is 9.36 Å². The molecule has 0 bridgehead atoms. The molecule has 2 amide bonds. The average Bonchev–Trinajstić information content (AvgIpc) is 2.92. The molecule has 4 aromatic rings. The van der Waals surface area contributed by atoms with E-state index in [1.54, 1.807) is 10.6 Å². The Hall–Kier alpha value is -3.93. The summed E-state index contributed by atoms with van der Waals surface area (Å²) in [5, 5.41) is 3.65. The number of urea groups is 1. The molecule has 186 valence electrons. The van der Waals surface area contributed by atoms with Crippen molar-refractivity contribution in [1.29, 1.82) is 0 Å². The number of aromatic nitrogens is 2. The second kappa shape index (κ2) is 12.2. The third kappa shape index (κ3) is 5.65. The maximum atomic E-state index is 13.8. The minimum Gasteiger partial charge on any atom is -0.338 e. The van der Waals surface area contributed by atoms with Gasteiger partial charge in [-0.15, -0.1) is 0 Å². The highest BCUT2D eigenvalue weighted by atomic mass is 16.2. The fourth-order valence-corrected chi connectivity index (χ4v) is 4.51. The zero-order valence-corrected chi connectivity index (χ0v) is 21.1. The molecule has 3 aromatic carbocycles. The van der Waals surface area contributed by atoms with Crippen molar-refractivity contribution in [1.82, 2.24) is 19.8 Å². The zero-order chi connectivity index (χ0) is 25.3. The van der Waals surface area contributed by atoms with Gasteiger partial charge >= 0.3 is 6.03 Å². The second-order valence-corrected chi connectivity index (χ2v) is 8.90. The van der Waals surface area contributed by atoms with Crippen LogP contribution >= 0.6 is 0 Å². The van der Waals surface area contributed by atoms with Crippen LogP contribution in [0.5, 0.6) is 0 Å². The summed E-state index contributed by atoms with van der Waals surface area (Å²) in [4.78, 5) is 34.1. The molecule has 0 aliphatic heterocycles. The number of para-hydroxylation sites is 2. The molecule has 0 aliphatic rings. The van der Waals surface area contributed by atoms with Crippen molar-refractivity contribution in [3.63, 3.8) is 0 Å². The van der Waals surface area contributed by atoms with E-state index in [0.29, 0.717) is 42.7 Å². The molecule has 0 saturated carbocycles. The lowest BCUT2D eigenvalue weighted by molar-refractivity contribution is 0.169. The standard InChI is InChI=1S/C30H34N4O2/c1-3-5-21-31-30(36)33(22-20-23-14-8-6-9-15-23)27(4-2)28-32-26-19-13-12-18-25(26)29(35)34(28)24-16-10-7-11-17-24/h6-19,27H,3-5,20-22H2,1-2H3,(H,31,36). The van der Waals surface area contributed by atoms with Gasteiger partial charge < -0.3 is 10.2 Å². The van der Waals surface area contributed by atoms with E-state index in [0.717, 1.165) is 24.1 Å². The normalized spacial score (nSPS) is 11.8. The number of carbonyl (C=O) groups is 1. The Bertz CT molecular complexity index is 1340. The summed E-state index contributed by atoms with van der Waals surface area (Å²) >= 11 is 0. The lowest BCUT2D eigenvalue weighted by Crippen LogP contribution is -2.45. The van der Waals surface area contributed by atoms with Gasteiger partial charge in [0.15, 0.2) is 0 Å². The molecule has 0 spiro atoms. The van der Waals surface area contributed by atoms with Crippen LogP contribution in [0.1, 0.15) is 50.5 Å². The summed E-state index contributed by atoms with van der Waals surface area (Å²) in [5.74, 6) is 0.575. The van der Waals surface area contributed by atoms with E-state index in [9.17, 15) is 9.59 Å². The summed E-state index contributed by atoms with van der Waals surface area (Å²) in [6, 6.07) is 26.6. The van der Waals surface area contributed by atoms with Gasteiger partial charge in [-0.1, -0.05) is 80.9 Å². The van der Waals surface area contributed by atoms with Gasteiger partial charge in [-0.2, -0.15) is 0 Å². The number of carbonyl (C=O) groups excluding carboxylic acids is 1. The van der Waals surface area contributed by atoms with Crippen molar-refractivity contribution in [3.05, 3.63) is 107 Å². The summed E-state index contributed by atoms with van der Waals surface area (Å²) in [6.45, 7) is 5.27. The average molecular weight is 483 g/mol. The molecular formula is C30H34N4O2. The fraction of sp³-hybridized carbons (Fsp3) is 0.300. The maximum absolute atomic E-state index is 13.8. The molecular weight excluding hydrogens is 448 g/mol. The predicted molar refractivity (Wildman–Crippen MR) is 146 cm³/mol. The number of fused-ring (bicyclic) bond motifs is 1. The first-order valence-corrected chi connectivity index (χ1v) is 12.8. The highest BCUT2D eigenvalue weighted by Gasteiger charge is 2.29. The van der Waals surface area contributed by atoms with Crippen molar-refractivity contribution >= 4 is 16.9 Å². The van der Waals surface area contributed by atoms with Crippen LogP contribution in [-0.2, 0) is 6.42 Å². The van der Waals surface area contributed by atoms with E-state index in [4.69, 9.17) is 4.98 Å². The van der Waals surface area contributed by atoms with Crippen molar-refractivity contribution < 1.29 is 4.79 Å². The largest absolute Gasteiger partial charge is 0.338 e. The number of nitrogens with one attached hydrogen (secondary N) is 1. The number of hydrogen-bond donors (Lipinski definition) is 1. The lowest BCUT2D eigenvalue weighted by atomic mass is 10.1. The van der Waals surface area contributed by atoms with E-state index < -0.39 is 0 Å². The minimum atomic E-state index is -0.382. The molecule has 1 atom stereocenters. The molecule has 1 unspecified atom stereocenters. The first-order valence-electron chi connectivity index (χ1n) is 12.8. The van der Waals surface area contributed by atoms with Crippen LogP contribution in [0, 0.1) is 0 Å². The predicted octanol–water partition coefficient (Wildman–Crippen LogP) is 5.89. The molecule has 0 saturated heterocycles. The quantitative estimate of drug-likeness (QED) is 0.287. The van der Waals surface area contributed by atoms with E-state index in [1.807, 2.05) is 78.6 Å². The number of nitrogens with zero attached hydrogens (tertiary/aromatic N) is 3. The van der Waals surface area contributed by atoms with Crippen molar-refractivity contribution in [2.45, 2.75) is 45.6 Å². The SMILES string of the molecule is CCCCNC(=O)N(CCc1ccccc1)C(CC)c1nc2ccccc2c(=O)n1-c1ccccc1. The fourth-order valence-electron chi connectivity index (χ4n) is 4.51. The molecule has 6 nitrogen and oxygen atoms in total. The van der Waals surface area contributed by atoms with Crippen LogP contribution in [0.4, 0.5) is 4.79 Å². The van der Waals surface area contributed by atoms with Crippen LogP contribution in [0.15, 0.2) is 89.7 Å². The monoisotopic (exact) mass is 482 g/mol. The van der Waals surface area contributed by atoms with Crippen molar-refractivity contribution in [2.24, 2.45) is 0 Å². The molecule has 36 heavy (non-hydrogen) atoms. The summed E-state index contributed by atoms with van der Waals surface area (Å²) in [6.07, 6.45) is 3.24. The molecule has 0 radical (unpaired) electrons. The van der Waals surface area contributed by atoms with Crippen LogP contribution < -0.4 is 10.9 Å². The molecule has 0 fully saturated rings. The molecule has 4 rings (SSSR count). The number of unbranched alkanes of at least 4 members (excludes halogenated alkanes) is 1. The van der Waals surface area contributed by atoms with Gasteiger partial charge in [-0.25, -0.2) is 9.78 Å². The molecule has 0 aliphatic carbocycles. The number of rotatable bonds is 10. The Morgan fingerprint density at radius 1 is 0.944 bits per heavy atom. The van der Waals surface area contributed by atoms with Crippen LogP contribution in [-0.4, -0.2) is 33.6 Å². The minimum absolute atomic E-state index is 0.130. The number of benzene rings is 3. The Morgan fingerprint density at radius 3 is 2.31 bits per heavy atom. The van der Waals surface area contributed by atoms with Crippen molar-refractivity contribution in [2.75, 3.05) is 13.1 Å². The molecule has 6 heteroatoms. The molecule has 1 aromatic heterocycles. The Morgan fingerprint density at radius 2 is 1.61 bits per heavy atom.